The first kappa shape index (κ1) is 9.45. The van der Waals surface area contributed by atoms with E-state index in [1.807, 2.05) is 0 Å². The zero-order valence-corrected chi connectivity index (χ0v) is 7.82. The molecule has 0 radical (unpaired) electrons. The van der Waals surface area contributed by atoms with Crippen molar-refractivity contribution in [1.82, 2.24) is 5.32 Å². The number of thiocarbonyl (C=S) groups is 1. The van der Waals surface area contributed by atoms with Crippen LogP contribution in [0.3, 0.4) is 0 Å². The summed E-state index contributed by atoms with van der Waals surface area (Å²) in [6.07, 6.45) is 4.36. The molecule has 0 saturated carbocycles. The molecule has 0 spiro atoms. The maximum Gasteiger partial charge on any atom is 0.220 e. The van der Waals surface area contributed by atoms with Gasteiger partial charge in [0.25, 0.3) is 0 Å². The standard InChI is InChI=1S/C8H14N2OS/c9-7(12)5-6-3-1-2-4-8(11)10-6/h6H,1-5H2,(H2,9,12)(H,10,11)/t6-/m0/s1. The van der Waals surface area contributed by atoms with Crippen LogP contribution in [0.15, 0.2) is 0 Å². The van der Waals surface area contributed by atoms with Crippen LogP contribution in [0.2, 0.25) is 0 Å². The predicted octanol–water partition coefficient (Wildman–Crippen LogP) is 0.721. The lowest BCUT2D eigenvalue weighted by molar-refractivity contribution is -0.121. The number of carbonyl (C=O) groups excluding carboxylic acids is 1. The second kappa shape index (κ2) is 4.40. The molecule has 1 atom stereocenters. The molecular formula is C8H14N2OS. The first-order valence-electron chi connectivity index (χ1n) is 4.26. The van der Waals surface area contributed by atoms with Crippen LogP contribution in [0.4, 0.5) is 0 Å². The van der Waals surface area contributed by atoms with Crippen molar-refractivity contribution in [2.24, 2.45) is 5.73 Å². The number of nitrogens with two attached hydrogens (primary N) is 1. The predicted molar refractivity (Wildman–Crippen MR) is 51.8 cm³/mol. The van der Waals surface area contributed by atoms with Gasteiger partial charge in [0, 0.05) is 18.9 Å². The van der Waals surface area contributed by atoms with Crippen LogP contribution in [0.25, 0.3) is 0 Å². The fourth-order valence-corrected chi connectivity index (χ4v) is 1.65. The summed E-state index contributed by atoms with van der Waals surface area (Å²) in [5, 5.41) is 2.90. The van der Waals surface area contributed by atoms with Crippen molar-refractivity contribution in [2.75, 3.05) is 0 Å². The summed E-state index contributed by atoms with van der Waals surface area (Å²) in [5.41, 5.74) is 5.40. The topological polar surface area (TPSA) is 55.1 Å². The lowest BCUT2D eigenvalue weighted by Gasteiger charge is -2.13. The SMILES string of the molecule is NC(=S)C[C@@H]1CCCCC(=O)N1. The van der Waals surface area contributed by atoms with Gasteiger partial charge in [-0.25, -0.2) is 0 Å². The molecule has 0 bridgehead atoms. The van der Waals surface area contributed by atoms with Gasteiger partial charge in [0.1, 0.15) is 0 Å². The molecule has 1 heterocycles. The largest absolute Gasteiger partial charge is 0.393 e. The van der Waals surface area contributed by atoms with E-state index in [1.54, 1.807) is 0 Å². The molecule has 1 amide bonds. The average Bonchev–Trinajstić information content (AvgIpc) is 2.12. The summed E-state index contributed by atoms with van der Waals surface area (Å²) < 4.78 is 0. The van der Waals surface area contributed by atoms with Crippen LogP contribution < -0.4 is 11.1 Å². The monoisotopic (exact) mass is 186 g/mol. The fraction of sp³-hybridized carbons (Fsp3) is 0.750. The summed E-state index contributed by atoms with van der Waals surface area (Å²) >= 11 is 4.79. The highest BCUT2D eigenvalue weighted by atomic mass is 32.1. The van der Waals surface area contributed by atoms with E-state index in [-0.39, 0.29) is 11.9 Å². The maximum absolute atomic E-state index is 11.1. The Kier molecular flexibility index (Phi) is 3.47. The summed E-state index contributed by atoms with van der Waals surface area (Å²) in [7, 11) is 0. The van der Waals surface area contributed by atoms with Gasteiger partial charge in [-0.2, -0.15) is 0 Å². The van der Waals surface area contributed by atoms with Crippen LogP contribution in [0.1, 0.15) is 32.1 Å². The molecule has 0 aromatic heterocycles. The third-order valence-electron chi connectivity index (χ3n) is 2.02. The molecule has 1 fully saturated rings. The number of hydrogen-bond acceptors (Lipinski definition) is 2. The Morgan fingerprint density at radius 1 is 1.67 bits per heavy atom. The average molecular weight is 186 g/mol. The zero-order valence-electron chi connectivity index (χ0n) is 7.01. The molecular weight excluding hydrogens is 172 g/mol. The van der Waals surface area contributed by atoms with Gasteiger partial charge in [-0.05, 0) is 12.8 Å². The van der Waals surface area contributed by atoms with Crippen molar-refractivity contribution in [3.8, 4) is 0 Å². The molecule has 3 nitrogen and oxygen atoms in total. The number of amides is 1. The van der Waals surface area contributed by atoms with E-state index >= 15 is 0 Å². The van der Waals surface area contributed by atoms with Gasteiger partial charge in [0.05, 0.1) is 4.99 Å². The number of nitrogens with one attached hydrogen (secondary N) is 1. The Morgan fingerprint density at radius 3 is 3.08 bits per heavy atom. The van der Waals surface area contributed by atoms with Crippen LogP contribution in [0, 0.1) is 0 Å². The van der Waals surface area contributed by atoms with Gasteiger partial charge < -0.3 is 11.1 Å². The Balaban J connectivity index is 2.41. The van der Waals surface area contributed by atoms with Crippen molar-refractivity contribution < 1.29 is 4.79 Å². The lowest BCUT2D eigenvalue weighted by atomic mass is 10.1. The normalized spacial score (nSPS) is 24.3. The van der Waals surface area contributed by atoms with E-state index in [0.29, 0.717) is 17.8 Å². The molecule has 3 N–H and O–H groups in total. The van der Waals surface area contributed by atoms with E-state index < -0.39 is 0 Å². The zero-order chi connectivity index (χ0) is 8.97. The summed E-state index contributed by atoms with van der Waals surface area (Å²) in [4.78, 5) is 11.6. The molecule has 1 aliphatic heterocycles. The highest BCUT2D eigenvalue weighted by Gasteiger charge is 2.16. The fourth-order valence-electron chi connectivity index (χ4n) is 1.44. The lowest BCUT2D eigenvalue weighted by Crippen LogP contribution is -2.35. The van der Waals surface area contributed by atoms with Crippen molar-refractivity contribution in [3.63, 3.8) is 0 Å². The number of hydrogen-bond donors (Lipinski definition) is 2. The third kappa shape index (κ3) is 3.17. The maximum atomic E-state index is 11.1. The first-order chi connectivity index (χ1) is 5.68. The van der Waals surface area contributed by atoms with Gasteiger partial charge in [-0.1, -0.05) is 18.6 Å². The van der Waals surface area contributed by atoms with Gasteiger partial charge in [-0.3, -0.25) is 4.79 Å². The van der Waals surface area contributed by atoms with Gasteiger partial charge >= 0.3 is 0 Å². The van der Waals surface area contributed by atoms with E-state index in [2.05, 4.69) is 5.32 Å². The molecule has 0 unspecified atom stereocenters. The Morgan fingerprint density at radius 2 is 2.42 bits per heavy atom. The van der Waals surface area contributed by atoms with Gasteiger partial charge in [0.15, 0.2) is 0 Å². The summed E-state index contributed by atoms with van der Waals surface area (Å²) in [6, 6.07) is 0.178. The minimum atomic E-state index is 0.133. The Hall–Kier alpha value is -0.640. The van der Waals surface area contributed by atoms with Crippen LogP contribution >= 0.6 is 12.2 Å². The Bertz CT molecular complexity index is 193. The number of rotatable bonds is 2. The molecule has 1 aliphatic rings. The molecule has 68 valence electrons. The van der Waals surface area contributed by atoms with Crippen molar-refractivity contribution in [2.45, 2.75) is 38.1 Å². The van der Waals surface area contributed by atoms with Crippen molar-refractivity contribution >= 4 is 23.1 Å². The van der Waals surface area contributed by atoms with E-state index in [4.69, 9.17) is 18.0 Å². The molecule has 12 heavy (non-hydrogen) atoms. The van der Waals surface area contributed by atoms with Crippen LogP contribution in [0.5, 0.6) is 0 Å². The summed E-state index contributed by atoms with van der Waals surface area (Å²) in [5.74, 6) is 0.133. The van der Waals surface area contributed by atoms with Crippen LogP contribution in [-0.2, 0) is 4.79 Å². The van der Waals surface area contributed by atoms with Crippen molar-refractivity contribution in [3.05, 3.63) is 0 Å². The van der Waals surface area contributed by atoms with Gasteiger partial charge in [0.2, 0.25) is 5.91 Å². The Labute approximate surface area is 77.7 Å². The smallest absolute Gasteiger partial charge is 0.220 e. The second-order valence-corrected chi connectivity index (χ2v) is 3.71. The molecule has 0 aromatic rings. The van der Waals surface area contributed by atoms with Gasteiger partial charge in [-0.15, -0.1) is 0 Å². The molecule has 0 aromatic carbocycles. The highest BCUT2D eigenvalue weighted by Crippen LogP contribution is 2.11. The molecule has 1 rings (SSSR count). The quantitative estimate of drug-likeness (QED) is 0.625. The van der Waals surface area contributed by atoms with E-state index in [1.165, 1.54) is 0 Å². The summed E-state index contributed by atoms with van der Waals surface area (Å²) in [6.45, 7) is 0. The van der Waals surface area contributed by atoms with E-state index in [0.717, 1.165) is 19.3 Å². The molecule has 0 aliphatic carbocycles. The second-order valence-electron chi connectivity index (χ2n) is 3.18. The molecule has 4 heteroatoms. The van der Waals surface area contributed by atoms with E-state index in [9.17, 15) is 4.79 Å². The highest BCUT2D eigenvalue weighted by molar-refractivity contribution is 7.80. The minimum Gasteiger partial charge on any atom is -0.393 e. The van der Waals surface area contributed by atoms with Crippen molar-refractivity contribution in [1.29, 1.82) is 0 Å². The first-order valence-corrected chi connectivity index (χ1v) is 4.67. The van der Waals surface area contributed by atoms with Crippen LogP contribution in [-0.4, -0.2) is 16.9 Å². The third-order valence-corrected chi connectivity index (χ3v) is 2.19. The number of carbonyl (C=O) groups is 1. The minimum absolute atomic E-state index is 0.133. The molecule has 1 saturated heterocycles.